The van der Waals surface area contributed by atoms with Gasteiger partial charge in [-0.3, -0.25) is 10.1 Å². The SMILES string of the molecule is Oc1ccc(C=Cc2cc(-c3ccccn3)[nH]n2)cc1. The Bertz CT molecular complexity index is 715. The van der Waals surface area contributed by atoms with E-state index < -0.39 is 0 Å². The normalized spacial score (nSPS) is 11.0. The van der Waals surface area contributed by atoms with Crippen LogP contribution in [0.1, 0.15) is 11.3 Å². The largest absolute Gasteiger partial charge is 0.508 e. The molecule has 0 spiro atoms. The summed E-state index contributed by atoms with van der Waals surface area (Å²) in [6.45, 7) is 0. The van der Waals surface area contributed by atoms with Gasteiger partial charge in [0.1, 0.15) is 5.75 Å². The number of hydrogen-bond donors (Lipinski definition) is 2. The van der Waals surface area contributed by atoms with Gasteiger partial charge in [0.2, 0.25) is 0 Å². The number of nitrogens with one attached hydrogen (secondary N) is 1. The molecule has 4 heteroatoms. The first-order chi connectivity index (χ1) is 9.81. The molecule has 0 amide bonds. The van der Waals surface area contributed by atoms with E-state index in [1.165, 1.54) is 0 Å². The Morgan fingerprint density at radius 2 is 1.85 bits per heavy atom. The minimum Gasteiger partial charge on any atom is -0.508 e. The van der Waals surface area contributed by atoms with Crippen LogP contribution in [0.3, 0.4) is 0 Å². The van der Waals surface area contributed by atoms with Crippen molar-refractivity contribution in [3.05, 3.63) is 66.0 Å². The maximum Gasteiger partial charge on any atom is 0.115 e. The molecule has 2 heterocycles. The highest BCUT2D eigenvalue weighted by Gasteiger charge is 2.01. The van der Waals surface area contributed by atoms with E-state index in [0.29, 0.717) is 0 Å². The zero-order chi connectivity index (χ0) is 13.8. The zero-order valence-electron chi connectivity index (χ0n) is 10.7. The van der Waals surface area contributed by atoms with Gasteiger partial charge in [-0.1, -0.05) is 24.3 Å². The van der Waals surface area contributed by atoms with Crippen LogP contribution in [-0.4, -0.2) is 20.3 Å². The molecular weight excluding hydrogens is 250 g/mol. The van der Waals surface area contributed by atoms with Crippen LogP contribution in [0.2, 0.25) is 0 Å². The molecule has 0 atom stereocenters. The van der Waals surface area contributed by atoms with Gasteiger partial charge >= 0.3 is 0 Å². The van der Waals surface area contributed by atoms with Gasteiger partial charge in [0.25, 0.3) is 0 Å². The molecule has 0 aliphatic carbocycles. The molecule has 2 N–H and O–H groups in total. The first kappa shape index (κ1) is 12.2. The van der Waals surface area contributed by atoms with E-state index in [9.17, 15) is 5.11 Å². The Labute approximate surface area is 116 Å². The minimum absolute atomic E-state index is 0.263. The van der Waals surface area contributed by atoms with Crippen LogP contribution >= 0.6 is 0 Å². The molecule has 1 aromatic carbocycles. The number of phenols is 1. The van der Waals surface area contributed by atoms with Crippen molar-refractivity contribution >= 4 is 12.2 Å². The van der Waals surface area contributed by atoms with Gasteiger partial charge in [-0.05, 0) is 42.0 Å². The first-order valence-electron chi connectivity index (χ1n) is 6.25. The molecule has 98 valence electrons. The second-order valence-electron chi connectivity index (χ2n) is 4.35. The molecule has 3 rings (SSSR count). The quantitative estimate of drug-likeness (QED) is 0.761. The van der Waals surface area contributed by atoms with Crippen LogP contribution < -0.4 is 0 Å². The summed E-state index contributed by atoms with van der Waals surface area (Å²) in [4.78, 5) is 4.27. The Balaban J connectivity index is 1.79. The monoisotopic (exact) mass is 263 g/mol. The average Bonchev–Trinajstić information content (AvgIpc) is 2.97. The van der Waals surface area contributed by atoms with Gasteiger partial charge < -0.3 is 5.11 Å². The van der Waals surface area contributed by atoms with Crippen molar-refractivity contribution in [1.82, 2.24) is 15.2 Å². The lowest BCUT2D eigenvalue weighted by atomic mass is 10.2. The van der Waals surface area contributed by atoms with E-state index in [0.717, 1.165) is 22.6 Å². The third-order valence-corrected chi connectivity index (χ3v) is 2.88. The summed E-state index contributed by atoms with van der Waals surface area (Å²) >= 11 is 0. The number of aromatic amines is 1. The predicted octanol–water partition coefficient (Wildman–Crippen LogP) is 3.35. The van der Waals surface area contributed by atoms with Crippen molar-refractivity contribution in [2.24, 2.45) is 0 Å². The fourth-order valence-electron chi connectivity index (χ4n) is 1.84. The lowest BCUT2D eigenvalue weighted by Crippen LogP contribution is -1.80. The molecule has 0 saturated carbocycles. The fraction of sp³-hybridized carbons (Fsp3) is 0. The lowest BCUT2D eigenvalue weighted by Gasteiger charge is -1.93. The second-order valence-corrected chi connectivity index (χ2v) is 4.35. The summed E-state index contributed by atoms with van der Waals surface area (Å²) in [7, 11) is 0. The highest BCUT2D eigenvalue weighted by Crippen LogP contribution is 2.16. The maximum absolute atomic E-state index is 9.22. The zero-order valence-corrected chi connectivity index (χ0v) is 10.7. The third-order valence-electron chi connectivity index (χ3n) is 2.88. The van der Waals surface area contributed by atoms with Gasteiger partial charge in [-0.2, -0.15) is 5.10 Å². The first-order valence-corrected chi connectivity index (χ1v) is 6.25. The molecule has 0 fully saturated rings. The molecular formula is C16H13N3O. The number of nitrogens with zero attached hydrogens (tertiary/aromatic N) is 2. The molecule has 0 aliphatic rings. The third kappa shape index (κ3) is 2.75. The highest BCUT2D eigenvalue weighted by molar-refractivity contribution is 5.70. The van der Waals surface area contributed by atoms with Crippen molar-refractivity contribution in [3.8, 4) is 17.1 Å². The number of hydrogen-bond acceptors (Lipinski definition) is 3. The van der Waals surface area contributed by atoms with Crippen LogP contribution in [0.4, 0.5) is 0 Å². The standard InChI is InChI=1S/C16H13N3O/c20-14-8-5-12(6-9-14)4-7-13-11-16(19-18-13)15-3-1-2-10-17-15/h1-11,20H,(H,18,19). The fourth-order valence-corrected chi connectivity index (χ4v) is 1.84. The van der Waals surface area contributed by atoms with Crippen LogP contribution in [0.5, 0.6) is 5.75 Å². The lowest BCUT2D eigenvalue weighted by molar-refractivity contribution is 0.475. The molecule has 0 radical (unpaired) electrons. The van der Waals surface area contributed by atoms with Crippen LogP contribution in [0, 0.1) is 0 Å². The molecule has 2 aromatic heterocycles. The van der Waals surface area contributed by atoms with Crippen LogP contribution in [-0.2, 0) is 0 Å². The van der Waals surface area contributed by atoms with Crippen molar-refractivity contribution in [2.75, 3.05) is 0 Å². The van der Waals surface area contributed by atoms with Gasteiger partial charge in [0.05, 0.1) is 17.1 Å². The number of phenolic OH excluding ortho intramolecular Hbond substituents is 1. The Hall–Kier alpha value is -2.88. The minimum atomic E-state index is 0.263. The van der Waals surface area contributed by atoms with E-state index in [2.05, 4.69) is 15.2 Å². The van der Waals surface area contributed by atoms with Crippen LogP contribution in [0.15, 0.2) is 54.7 Å². The number of aromatic hydroxyl groups is 1. The van der Waals surface area contributed by atoms with Crippen molar-refractivity contribution < 1.29 is 5.11 Å². The summed E-state index contributed by atoms with van der Waals surface area (Å²) in [6.07, 6.45) is 5.61. The van der Waals surface area contributed by atoms with E-state index in [4.69, 9.17) is 0 Å². The molecule has 0 saturated heterocycles. The van der Waals surface area contributed by atoms with E-state index in [-0.39, 0.29) is 5.75 Å². The van der Waals surface area contributed by atoms with Gasteiger partial charge in [-0.25, -0.2) is 0 Å². The molecule has 20 heavy (non-hydrogen) atoms. The molecule has 0 unspecified atom stereocenters. The summed E-state index contributed by atoms with van der Waals surface area (Å²) < 4.78 is 0. The Morgan fingerprint density at radius 3 is 2.60 bits per heavy atom. The molecule has 0 bridgehead atoms. The maximum atomic E-state index is 9.22. The van der Waals surface area contributed by atoms with Gasteiger partial charge in [0.15, 0.2) is 0 Å². The molecule has 0 aliphatic heterocycles. The number of pyridine rings is 1. The number of H-pyrrole nitrogens is 1. The number of aromatic nitrogens is 3. The Kier molecular flexibility index (Phi) is 3.29. The second kappa shape index (κ2) is 5.40. The van der Waals surface area contributed by atoms with Crippen molar-refractivity contribution in [2.45, 2.75) is 0 Å². The summed E-state index contributed by atoms with van der Waals surface area (Å²) in [5.41, 5.74) is 3.59. The van der Waals surface area contributed by atoms with Crippen LogP contribution in [0.25, 0.3) is 23.5 Å². The van der Waals surface area contributed by atoms with Gasteiger partial charge in [0, 0.05) is 6.20 Å². The molecule has 4 nitrogen and oxygen atoms in total. The van der Waals surface area contributed by atoms with Gasteiger partial charge in [-0.15, -0.1) is 0 Å². The molecule has 3 aromatic rings. The van der Waals surface area contributed by atoms with Crippen molar-refractivity contribution in [3.63, 3.8) is 0 Å². The van der Waals surface area contributed by atoms with E-state index in [1.807, 2.05) is 48.6 Å². The number of benzene rings is 1. The highest BCUT2D eigenvalue weighted by atomic mass is 16.3. The van der Waals surface area contributed by atoms with E-state index in [1.54, 1.807) is 18.3 Å². The Morgan fingerprint density at radius 1 is 1.00 bits per heavy atom. The summed E-state index contributed by atoms with van der Waals surface area (Å²) in [6, 6.07) is 14.7. The topological polar surface area (TPSA) is 61.8 Å². The smallest absolute Gasteiger partial charge is 0.115 e. The summed E-state index contributed by atoms with van der Waals surface area (Å²) in [5, 5.41) is 16.4. The average molecular weight is 263 g/mol. The summed E-state index contributed by atoms with van der Waals surface area (Å²) in [5.74, 6) is 0.263. The van der Waals surface area contributed by atoms with E-state index >= 15 is 0 Å². The number of rotatable bonds is 3. The van der Waals surface area contributed by atoms with Crippen molar-refractivity contribution in [1.29, 1.82) is 0 Å². The predicted molar refractivity (Wildman–Crippen MR) is 78.9 cm³/mol.